The number of nitrogens with one attached hydrogen (secondary N) is 2. The van der Waals surface area contributed by atoms with E-state index in [0.717, 1.165) is 5.56 Å². The van der Waals surface area contributed by atoms with Gasteiger partial charge in [-0.2, -0.15) is 0 Å². The van der Waals surface area contributed by atoms with Gasteiger partial charge in [-0.1, -0.05) is 12.1 Å². The Morgan fingerprint density at radius 2 is 1.58 bits per heavy atom. The van der Waals surface area contributed by atoms with E-state index in [1.54, 1.807) is 63.6 Å². The number of esters is 1. The fraction of sp³-hybridized carbons (Fsp3) is 0.263. The van der Waals surface area contributed by atoms with Gasteiger partial charge in [0.1, 0.15) is 11.5 Å². The SMILES string of the molecule is CCOC(=O)c1ccc(CNC(=O)Nc2cc(OC)cc(OC)c2)cc1. The van der Waals surface area contributed by atoms with Crippen LogP contribution in [-0.4, -0.2) is 32.8 Å². The number of anilines is 1. The summed E-state index contributed by atoms with van der Waals surface area (Å²) < 4.78 is 15.3. The molecule has 0 heterocycles. The second kappa shape index (κ2) is 9.31. The van der Waals surface area contributed by atoms with Gasteiger partial charge in [-0.15, -0.1) is 0 Å². The smallest absolute Gasteiger partial charge is 0.338 e. The van der Waals surface area contributed by atoms with Gasteiger partial charge in [0.05, 0.1) is 26.4 Å². The predicted molar refractivity (Wildman–Crippen MR) is 97.8 cm³/mol. The number of carbonyl (C=O) groups is 2. The minimum atomic E-state index is -0.366. The Balaban J connectivity index is 1.91. The maximum atomic E-state index is 12.1. The van der Waals surface area contributed by atoms with E-state index < -0.39 is 0 Å². The van der Waals surface area contributed by atoms with Crippen molar-refractivity contribution in [2.24, 2.45) is 0 Å². The molecule has 2 rings (SSSR count). The van der Waals surface area contributed by atoms with Crippen molar-refractivity contribution in [3.8, 4) is 11.5 Å². The zero-order chi connectivity index (χ0) is 18.9. The predicted octanol–water partition coefficient (Wildman–Crippen LogP) is 3.20. The van der Waals surface area contributed by atoms with E-state index >= 15 is 0 Å². The van der Waals surface area contributed by atoms with E-state index in [1.807, 2.05) is 0 Å². The Labute approximate surface area is 152 Å². The van der Waals surface area contributed by atoms with Crippen molar-refractivity contribution in [1.29, 1.82) is 0 Å². The Bertz CT molecular complexity index is 737. The number of hydrogen-bond donors (Lipinski definition) is 2. The molecule has 2 aromatic rings. The average molecular weight is 358 g/mol. The lowest BCUT2D eigenvalue weighted by Crippen LogP contribution is -2.28. The van der Waals surface area contributed by atoms with Crippen molar-refractivity contribution in [2.75, 3.05) is 26.1 Å². The van der Waals surface area contributed by atoms with Crippen molar-refractivity contribution in [3.63, 3.8) is 0 Å². The molecule has 0 radical (unpaired) electrons. The number of benzene rings is 2. The molecule has 0 saturated heterocycles. The van der Waals surface area contributed by atoms with E-state index in [1.165, 1.54) is 0 Å². The van der Waals surface area contributed by atoms with E-state index in [-0.39, 0.29) is 12.0 Å². The molecule has 0 aromatic heterocycles. The molecule has 0 aliphatic carbocycles. The highest BCUT2D eigenvalue weighted by Crippen LogP contribution is 2.25. The third-order valence-electron chi connectivity index (χ3n) is 3.53. The van der Waals surface area contributed by atoms with Crippen molar-refractivity contribution in [3.05, 3.63) is 53.6 Å². The van der Waals surface area contributed by atoms with Crippen LogP contribution in [0.25, 0.3) is 0 Å². The van der Waals surface area contributed by atoms with Crippen LogP contribution in [-0.2, 0) is 11.3 Å². The second-order valence-corrected chi connectivity index (χ2v) is 5.33. The summed E-state index contributed by atoms with van der Waals surface area (Å²) in [6.45, 7) is 2.40. The lowest BCUT2D eigenvalue weighted by atomic mass is 10.1. The van der Waals surface area contributed by atoms with Crippen LogP contribution < -0.4 is 20.1 Å². The van der Waals surface area contributed by atoms with E-state index in [4.69, 9.17) is 14.2 Å². The number of ether oxygens (including phenoxy) is 3. The summed E-state index contributed by atoms with van der Waals surface area (Å²) in [7, 11) is 3.08. The molecule has 2 aromatic carbocycles. The van der Waals surface area contributed by atoms with Gasteiger partial charge in [-0.05, 0) is 24.6 Å². The quantitative estimate of drug-likeness (QED) is 0.743. The fourth-order valence-corrected chi connectivity index (χ4v) is 2.21. The number of hydrogen-bond acceptors (Lipinski definition) is 5. The molecule has 26 heavy (non-hydrogen) atoms. The summed E-state index contributed by atoms with van der Waals surface area (Å²) in [6.07, 6.45) is 0. The van der Waals surface area contributed by atoms with Gasteiger partial charge < -0.3 is 24.8 Å². The van der Waals surface area contributed by atoms with Crippen LogP contribution in [0.1, 0.15) is 22.8 Å². The van der Waals surface area contributed by atoms with Crippen molar-refractivity contribution >= 4 is 17.7 Å². The maximum absolute atomic E-state index is 12.1. The van der Waals surface area contributed by atoms with Crippen LogP contribution in [0.3, 0.4) is 0 Å². The van der Waals surface area contributed by atoms with Crippen LogP contribution in [0.4, 0.5) is 10.5 Å². The molecule has 0 fully saturated rings. The van der Waals surface area contributed by atoms with Gasteiger partial charge in [0.25, 0.3) is 0 Å². The highest BCUT2D eigenvalue weighted by molar-refractivity contribution is 5.90. The summed E-state index contributed by atoms with van der Waals surface area (Å²) >= 11 is 0. The highest BCUT2D eigenvalue weighted by atomic mass is 16.5. The van der Waals surface area contributed by atoms with Gasteiger partial charge in [0.2, 0.25) is 0 Å². The molecule has 0 spiro atoms. The number of methoxy groups -OCH3 is 2. The molecule has 0 bridgehead atoms. The Morgan fingerprint density at radius 1 is 0.962 bits per heavy atom. The Kier molecular flexibility index (Phi) is 6.84. The first kappa shape index (κ1) is 19.1. The van der Waals surface area contributed by atoms with Gasteiger partial charge in [-0.3, -0.25) is 0 Å². The first-order valence-electron chi connectivity index (χ1n) is 8.09. The molecule has 0 aliphatic rings. The molecular weight excluding hydrogens is 336 g/mol. The molecule has 0 atom stereocenters. The monoisotopic (exact) mass is 358 g/mol. The topological polar surface area (TPSA) is 85.9 Å². The summed E-state index contributed by atoms with van der Waals surface area (Å²) in [6, 6.07) is 11.6. The zero-order valence-electron chi connectivity index (χ0n) is 15.0. The average Bonchev–Trinajstić information content (AvgIpc) is 2.66. The van der Waals surface area contributed by atoms with Crippen molar-refractivity contribution < 1.29 is 23.8 Å². The molecule has 2 amide bonds. The van der Waals surface area contributed by atoms with Crippen LogP contribution in [0.5, 0.6) is 11.5 Å². The van der Waals surface area contributed by atoms with Crippen molar-refractivity contribution in [2.45, 2.75) is 13.5 Å². The molecular formula is C19H22N2O5. The van der Waals surface area contributed by atoms with Gasteiger partial charge >= 0.3 is 12.0 Å². The lowest BCUT2D eigenvalue weighted by molar-refractivity contribution is 0.0526. The van der Waals surface area contributed by atoms with Crippen LogP contribution >= 0.6 is 0 Å². The summed E-state index contributed by atoms with van der Waals surface area (Å²) in [5.41, 5.74) is 1.89. The van der Waals surface area contributed by atoms with Gasteiger partial charge in [0, 0.05) is 30.4 Å². The molecule has 0 aliphatic heterocycles. The lowest BCUT2D eigenvalue weighted by Gasteiger charge is -2.11. The molecule has 138 valence electrons. The third kappa shape index (κ3) is 5.41. The zero-order valence-corrected chi connectivity index (χ0v) is 15.0. The fourth-order valence-electron chi connectivity index (χ4n) is 2.21. The molecule has 2 N–H and O–H groups in total. The largest absolute Gasteiger partial charge is 0.497 e. The number of amides is 2. The van der Waals surface area contributed by atoms with Crippen LogP contribution in [0, 0.1) is 0 Å². The van der Waals surface area contributed by atoms with Crippen LogP contribution in [0.2, 0.25) is 0 Å². The van der Waals surface area contributed by atoms with Gasteiger partial charge in [-0.25, -0.2) is 9.59 Å². The molecule has 7 heteroatoms. The molecule has 0 saturated carbocycles. The van der Waals surface area contributed by atoms with Crippen molar-refractivity contribution in [1.82, 2.24) is 5.32 Å². The minimum absolute atomic E-state index is 0.316. The summed E-state index contributed by atoms with van der Waals surface area (Å²) in [5, 5.41) is 5.47. The summed E-state index contributed by atoms with van der Waals surface area (Å²) in [5.74, 6) is 0.792. The number of rotatable bonds is 7. The highest BCUT2D eigenvalue weighted by Gasteiger charge is 2.08. The Morgan fingerprint density at radius 3 is 2.12 bits per heavy atom. The third-order valence-corrected chi connectivity index (χ3v) is 3.53. The van der Waals surface area contributed by atoms with Gasteiger partial charge in [0.15, 0.2) is 0 Å². The van der Waals surface area contributed by atoms with E-state index in [9.17, 15) is 9.59 Å². The maximum Gasteiger partial charge on any atom is 0.338 e. The minimum Gasteiger partial charge on any atom is -0.497 e. The molecule has 7 nitrogen and oxygen atoms in total. The summed E-state index contributed by atoms with van der Waals surface area (Å²) in [4.78, 5) is 23.7. The second-order valence-electron chi connectivity index (χ2n) is 5.33. The van der Waals surface area contributed by atoms with E-state index in [0.29, 0.717) is 35.9 Å². The normalized spacial score (nSPS) is 9.96. The standard InChI is InChI=1S/C19H22N2O5/c1-4-26-18(22)14-7-5-13(6-8-14)12-20-19(23)21-15-9-16(24-2)11-17(10-15)25-3/h5-11H,4,12H2,1-3H3,(H2,20,21,23). The first-order valence-corrected chi connectivity index (χ1v) is 8.09. The van der Waals surface area contributed by atoms with E-state index in [2.05, 4.69) is 10.6 Å². The molecule has 0 unspecified atom stereocenters. The first-order chi connectivity index (χ1) is 12.5. The number of carbonyl (C=O) groups excluding carboxylic acids is 2. The van der Waals surface area contributed by atoms with Crippen LogP contribution in [0.15, 0.2) is 42.5 Å². The number of urea groups is 1. The Hall–Kier alpha value is -3.22.